The molecule has 0 saturated carbocycles. The van der Waals surface area contributed by atoms with Crippen LogP contribution in [0.25, 0.3) is 16.6 Å². The van der Waals surface area contributed by atoms with E-state index in [9.17, 15) is 36.3 Å². The van der Waals surface area contributed by atoms with E-state index in [4.69, 9.17) is 5.11 Å². The Balaban J connectivity index is 2.23. The van der Waals surface area contributed by atoms with E-state index in [-0.39, 0.29) is 10.9 Å². The summed E-state index contributed by atoms with van der Waals surface area (Å²) in [4.78, 5) is 24.9. The lowest BCUT2D eigenvalue weighted by Crippen LogP contribution is -2.44. The predicted molar refractivity (Wildman–Crippen MR) is 97.4 cm³/mol. The molecule has 2 N–H and O–H groups in total. The molecule has 1 unspecified atom stereocenters. The fourth-order valence-electron chi connectivity index (χ4n) is 3.46. The van der Waals surface area contributed by atoms with E-state index >= 15 is 0 Å². The number of rotatable bonds is 3. The van der Waals surface area contributed by atoms with Gasteiger partial charge in [0.15, 0.2) is 0 Å². The number of benzene rings is 2. The zero-order valence-electron chi connectivity index (χ0n) is 14.9. The van der Waals surface area contributed by atoms with E-state index in [0.29, 0.717) is 16.7 Å². The number of hydrogen-bond acceptors (Lipinski definition) is 6. The van der Waals surface area contributed by atoms with Gasteiger partial charge in [0.05, 0.1) is 51.2 Å². The highest BCUT2D eigenvalue weighted by atomic mass is 32.2. The van der Waals surface area contributed by atoms with Gasteiger partial charge in [0.25, 0.3) is 5.56 Å². The third kappa shape index (κ3) is 2.79. The lowest BCUT2D eigenvalue weighted by molar-refractivity contribution is -0.137. The summed E-state index contributed by atoms with van der Waals surface area (Å²) in [5.74, 6) is 0. The molecule has 2 aromatic carbocycles. The van der Waals surface area contributed by atoms with E-state index in [0.717, 1.165) is 16.7 Å². The molecule has 1 atom stereocenters. The number of alkyl halides is 3. The van der Waals surface area contributed by atoms with Crippen molar-refractivity contribution in [3.63, 3.8) is 0 Å². The quantitative estimate of drug-likeness (QED) is 0.482. The first-order valence-corrected chi connectivity index (χ1v) is 10.0. The zero-order valence-corrected chi connectivity index (χ0v) is 15.7. The molecule has 158 valence electrons. The van der Waals surface area contributed by atoms with Crippen molar-refractivity contribution in [2.75, 3.05) is 6.61 Å². The van der Waals surface area contributed by atoms with Crippen molar-refractivity contribution >= 4 is 20.7 Å². The van der Waals surface area contributed by atoms with E-state index in [2.05, 4.69) is 0 Å². The van der Waals surface area contributed by atoms with Gasteiger partial charge >= 0.3 is 11.9 Å². The molecule has 2 heterocycles. The summed E-state index contributed by atoms with van der Waals surface area (Å²) in [6, 6.07) is 5.54. The van der Waals surface area contributed by atoms with Crippen molar-refractivity contribution in [3.8, 4) is 5.69 Å². The van der Waals surface area contributed by atoms with Crippen molar-refractivity contribution in [2.45, 2.75) is 28.6 Å². The Hall–Kier alpha value is -2.96. The number of aliphatic hydroxyl groups excluding tert-OH is 2. The van der Waals surface area contributed by atoms with Crippen molar-refractivity contribution in [2.24, 2.45) is 0 Å². The Morgan fingerprint density at radius 1 is 1.07 bits per heavy atom. The predicted octanol–water partition coefficient (Wildman–Crippen LogP) is 0.671. The maximum absolute atomic E-state index is 13.2. The number of para-hydroxylation sites is 1. The average molecular weight is 442 g/mol. The van der Waals surface area contributed by atoms with Crippen molar-refractivity contribution < 1.29 is 31.8 Å². The lowest BCUT2D eigenvalue weighted by atomic mass is 10.1. The molecule has 30 heavy (non-hydrogen) atoms. The summed E-state index contributed by atoms with van der Waals surface area (Å²) in [7, 11) is -4.31. The largest absolute Gasteiger partial charge is 0.416 e. The lowest BCUT2D eigenvalue weighted by Gasteiger charge is -2.24. The van der Waals surface area contributed by atoms with E-state index in [1.165, 1.54) is 12.1 Å². The molecule has 4 rings (SSSR count). The maximum atomic E-state index is 13.2. The molecule has 0 fully saturated rings. The summed E-state index contributed by atoms with van der Waals surface area (Å²) in [5.41, 5.74) is -4.14. The molecule has 0 bridgehead atoms. The second-order valence-electron chi connectivity index (χ2n) is 6.71. The van der Waals surface area contributed by atoms with Gasteiger partial charge in [0.1, 0.15) is 0 Å². The van der Waals surface area contributed by atoms with Gasteiger partial charge < -0.3 is 10.2 Å². The number of halogens is 3. The van der Waals surface area contributed by atoms with Gasteiger partial charge in [0.2, 0.25) is 9.84 Å². The van der Waals surface area contributed by atoms with Gasteiger partial charge in [-0.25, -0.2) is 13.2 Å². The van der Waals surface area contributed by atoms with Gasteiger partial charge in [-0.2, -0.15) is 13.2 Å². The van der Waals surface area contributed by atoms with Crippen LogP contribution in [0.1, 0.15) is 5.56 Å². The van der Waals surface area contributed by atoms with Crippen LogP contribution in [0.3, 0.4) is 0 Å². The second kappa shape index (κ2) is 6.52. The first-order valence-electron chi connectivity index (χ1n) is 8.52. The van der Waals surface area contributed by atoms with Crippen LogP contribution in [0.2, 0.25) is 0 Å². The second-order valence-corrected chi connectivity index (χ2v) is 8.59. The Morgan fingerprint density at radius 2 is 1.77 bits per heavy atom. The van der Waals surface area contributed by atoms with Crippen molar-refractivity contribution in [1.29, 1.82) is 0 Å². The Labute approximate surface area is 166 Å². The highest BCUT2D eigenvalue weighted by Gasteiger charge is 2.37. The molecular formula is C18H13F3N2O6S. The zero-order chi connectivity index (χ0) is 22.0. The maximum Gasteiger partial charge on any atom is 0.416 e. The molecule has 1 aromatic heterocycles. The monoisotopic (exact) mass is 442 g/mol. The number of sulfone groups is 1. The molecule has 0 amide bonds. The minimum Gasteiger partial charge on any atom is -0.394 e. The summed E-state index contributed by atoms with van der Waals surface area (Å²) in [6.45, 7) is -1.40. The number of aromatic nitrogens is 2. The number of fused-ring (bicyclic) bond motifs is 2. The highest BCUT2D eigenvalue weighted by Crippen LogP contribution is 2.39. The van der Waals surface area contributed by atoms with Crippen LogP contribution in [0.15, 0.2) is 55.8 Å². The van der Waals surface area contributed by atoms with Crippen molar-refractivity contribution in [3.05, 3.63) is 62.8 Å². The van der Waals surface area contributed by atoms with Crippen LogP contribution in [0.4, 0.5) is 13.2 Å². The molecule has 12 heteroatoms. The normalized spacial score (nSPS) is 15.8. The van der Waals surface area contributed by atoms with Crippen LogP contribution in [-0.4, -0.2) is 40.5 Å². The Bertz CT molecular complexity index is 1420. The van der Waals surface area contributed by atoms with Gasteiger partial charge in [-0.15, -0.1) is 0 Å². The molecule has 0 spiro atoms. The van der Waals surface area contributed by atoms with Crippen LogP contribution in [0.5, 0.6) is 0 Å². The minimum atomic E-state index is -4.81. The fraction of sp³-hybridized carbons (Fsp3) is 0.222. The van der Waals surface area contributed by atoms with Crippen molar-refractivity contribution in [1.82, 2.24) is 9.13 Å². The van der Waals surface area contributed by atoms with Gasteiger partial charge in [-0.3, -0.25) is 13.9 Å². The van der Waals surface area contributed by atoms with Crippen LogP contribution in [0, 0.1) is 0 Å². The van der Waals surface area contributed by atoms with Crippen LogP contribution < -0.4 is 11.2 Å². The summed E-state index contributed by atoms with van der Waals surface area (Å²) in [6.07, 6.45) is -6.29. The SMILES string of the molecule is O=c1c2cccc3c2n(c(=O)n1CC(O)CO)-c1cc(C(F)(F)F)ccc1S3(=O)=O. The topological polar surface area (TPSA) is 119 Å². The number of hydrogen-bond donors (Lipinski definition) is 2. The molecule has 1 aliphatic rings. The molecular weight excluding hydrogens is 429 g/mol. The van der Waals surface area contributed by atoms with Gasteiger partial charge in [-0.05, 0) is 30.3 Å². The molecule has 8 nitrogen and oxygen atoms in total. The molecule has 0 saturated heterocycles. The summed E-state index contributed by atoms with van der Waals surface area (Å²) < 4.78 is 67.0. The standard InChI is InChI=1S/C18H13F3N2O6S/c19-18(20,21)9-4-5-13-12(6-9)23-15-11(2-1-3-14(15)30(13,28)29)16(26)22(17(23)27)7-10(25)8-24/h1-6,10,24-25H,7-8H2. The third-order valence-electron chi connectivity index (χ3n) is 4.83. The van der Waals surface area contributed by atoms with Crippen LogP contribution in [-0.2, 0) is 22.6 Å². The van der Waals surface area contributed by atoms with Crippen LogP contribution >= 0.6 is 0 Å². The molecule has 1 aliphatic heterocycles. The van der Waals surface area contributed by atoms with Gasteiger partial charge in [0, 0.05) is 0 Å². The molecule has 3 aromatic rings. The number of nitrogens with zero attached hydrogens (tertiary/aromatic N) is 2. The molecule has 0 radical (unpaired) electrons. The summed E-state index contributed by atoms with van der Waals surface area (Å²) in [5, 5.41) is 18.5. The van der Waals surface area contributed by atoms with E-state index in [1.807, 2.05) is 0 Å². The molecule has 0 aliphatic carbocycles. The van der Waals surface area contributed by atoms with E-state index < -0.39 is 67.6 Å². The number of aliphatic hydroxyl groups is 2. The minimum absolute atomic E-state index is 0.233. The Morgan fingerprint density at radius 3 is 2.40 bits per heavy atom. The fourth-order valence-corrected chi connectivity index (χ4v) is 5.08. The van der Waals surface area contributed by atoms with E-state index in [1.54, 1.807) is 0 Å². The first-order chi connectivity index (χ1) is 14.0. The van der Waals surface area contributed by atoms with Gasteiger partial charge in [-0.1, -0.05) is 6.07 Å². The summed E-state index contributed by atoms with van der Waals surface area (Å²) >= 11 is 0. The first kappa shape index (κ1) is 20.3. The Kier molecular flexibility index (Phi) is 4.42. The average Bonchev–Trinajstić information content (AvgIpc) is 2.69. The smallest absolute Gasteiger partial charge is 0.394 e. The third-order valence-corrected chi connectivity index (χ3v) is 6.66. The highest BCUT2D eigenvalue weighted by molar-refractivity contribution is 7.92.